The van der Waals surface area contributed by atoms with Crippen molar-refractivity contribution in [2.45, 2.75) is 271 Å². The molecule has 0 spiro atoms. The number of carbonyl (C=O) groups is 3. The first-order chi connectivity index (χ1) is 35.0. The fraction of sp³-hybridized carbons (Fsp3) is 0.677. The van der Waals surface area contributed by atoms with E-state index in [1.807, 2.05) is 0 Å². The minimum Gasteiger partial charge on any atom is -0.462 e. The van der Waals surface area contributed by atoms with Crippen molar-refractivity contribution in [1.82, 2.24) is 0 Å². The van der Waals surface area contributed by atoms with E-state index in [0.29, 0.717) is 19.3 Å². The van der Waals surface area contributed by atoms with Crippen molar-refractivity contribution >= 4 is 17.9 Å². The van der Waals surface area contributed by atoms with Gasteiger partial charge in [-0.2, -0.15) is 0 Å². The van der Waals surface area contributed by atoms with Crippen LogP contribution in [-0.2, 0) is 28.6 Å². The molecule has 0 aliphatic heterocycles. The highest BCUT2D eigenvalue weighted by Crippen LogP contribution is 2.14. The summed E-state index contributed by atoms with van der Waals surface area (Å²) in [6.45, 7) is 6.44. The average molecular weight is 986 g/mol. The molecule has 0 heterocycles. The summed E-state index contributed by atoms with van der Waals surface area (Å²) < 4.78 is 16.8. The van der Waals surface area contributed by atoms with Crippen molar-refractivity contribution in [3.05, 3.63) is 109 Å². The lowest BCUT2D eigenvalue weighted by Crippen LogP contribution is -2.30. The van der Waals surface area contributed by atoms with Gasteiger partial charge in [0.25, 0.3) is 0 Å². The Bertz CT molecular complexity index is 1460. The van der Waals surface area contributed by atoms with Crippen LogP contribution in [0.25, 0.3) is 0 Å². The van der Waals surface area contributed by atoms with Gasteiger partial charge in [-0.25, -0.2) is 0 Å². The molecule has 0 aliphatic carbocycles. The standard InChI is InChI=1S/C65H108O6/c1-4-7-10-13-16-19-22-25-28-30-32-34-37-40-43-46-49-52-55-58-64(67)70-61-62(60-69-63(66)57-54-51-48-45-42-39-36-27-24-21-18-15-12-9-6-3)71-65(68)59-56-53-50-47-44-41-38-35-33-31-29-26-23-20-17-14-11-8-5-2/h8,11,17-18,20-21,25-29,33,35-36,41-42,44-45,62H,4-7,9-10,12-16,19,22-24,30-32,34,37-40,43,46-61H2,1-3H3/b11-8-,20-17-,21-18-,28-25-,29-26-,35-33-,36-27-,44-41-,45-42-/t62-/m1/s1. The lowest BCUT2D eigenvalue weighted by atomic mass is 10.1. The molecule has 404 valence electrons. The Kier molecular flexibility index (Phi) is 55.4. The topological polar surface area (TPSA) is 78.9 Å². The Balaban J connectivity index is 4.50. The molecular formula is C65H108O6. The zero-order valence-electron chi connectivity index (χ0n) is 46.2. The molecule has 0 saturated heterocycles. The van der Waals surface area contributed by atoms with Gasteiger partial charge in [0.2, 0.25) is 0 Å². The van der Waals surface area contributed by atoms with Crippen LogP contribution >= 0.6 is 0 Å². The van der Waals surface area contributed by atoms with Crippen LogP contribution in [-0.4, -0.2) is 37.2 Å². The second-order valence-electron chi connectivity index (χ2n) is 19.2. The zero-order valence-corrected chi connectivity index (χ0v) is 46.2. The molecule has 0 aromatic heterocycles. The van der Waals surface area contributed by atoms with E-state index in [1.165, 1.54) is 116 Å². The molecule has 0 aliphatic rings. The second-order valence-corrected chi connectivity index (χ2v) is 19.2. The number of rotatable bonds is 52. The molecule has 0 unspecified atom stereocenters. The van der Waals surface area contributed by atoms with Crippen LogP contribution in [0.5, 0.6) is 0 Å². The van der Waals surface area contributed by atoms with Crippen LogP contribution in [0.2, 0.25) is 0 Å². The second kappa shape index (κ2) is 58.6. The predicted octanol–water partition coefficient (Wildman–Crippen LogP) is 19.9. The summed E-state index contributed by atoms with van der Waals surface area (Å²) >= 11 is 0. The molecule has 0 bridgehead atoms. The molecule has 6 nitrogen and oxygen atoms in total. The van der Waals surface area contributed by atoms with E-state index in [1.54, 1.807) is 0 Å². The van der Waals surface area contributed by atoms with Crippen molar-refractivity contribution in [3.63, 3.8) is 0 Å². The Morgan fingerprint density at radius 2 is 0.549 bits per heavy atom. The number of allylic oxidation sites excluding steroid dienone is 18. The third-order valence-electron chi connectivity index (χ3n) is 12.2. The molecule has 0 radical (unpaired) electrons. The van der Waals surface area contributed by atoms with Gasteiger partial charge in [0.05, 0.1) is 0 Å². The summed E-state index contributed by atoms with van der Waals surface area (Å²) in [4.78, 5) is 38.2. The minimum atomic E-state index is -0.814. The predicted molar refractivity (Wildman–Crippen MR) is 307 cm³/mol. The van der Waals surface area contributed by atoms with E-state index >= 15 is 0 Å². The average Bonchev–Trinajstić information content (AvgIpc) is 3.37. The van der Waals surface area contributed by atoms with Crippen molar-refractivity contribution in [3.8, 4) is 0 Å². The molecule has 71 heavy (non-hydrogen) atoms. The maximum atomic E-state index is 12.9. The highest BCUT2D eigenvalue weighted by atomic mass is 16.6. The summed E-state index contributed by atoms with van der Waals surface area (Å²) in [7, 11) is 0. The van der Waals surface area contributed by atoms with Gasteiger partial charge < -0.3 is 14.2 Å². The number of carbonyl (C=O) groups excluding carboxylic acids is 3. The normalized spacial score (nSPS) is 12.9. The Morgan fingerprint density at radius 3 is 0.944 bits per heavy atom. The molecule has 0 saturated carbocycles. The minimum absolute atomic E-state index is 0.106. The first-order valence-corrected chi connectivity index (χ1v) is 29.4. The van der Waals surface area contributed by atoms with Gasteiger partial charge in [-0.3, -0.25) is 14.4 Å². The SMILES string of the molecule is CC/C=C\C/C=C\C/C=C\C/C=C\C/C=C\CCCCCC(=O)O[C@H](COC(=O)CCCC/C=C\C/C=C\C/C=C\CCCCC)COC(=O)CCCCCCCCCCC/C=C\CCCCCCCC. The van der Waals surface area contributed by atoms with Crippen molar-refractivity contribution in [2.75, 3.05) is 13.2 Å². The fourth-order valence-corrected chi connectivity index (χ4v) is 7.82. The molecule has 0 amide bonds. The molecular weight excluding hydrogens is 877 g/mol. The number of esters is 3. The summed E-state index contributed by atoms with van der Waals surface area (Å²) in [6.07, 6.45) is 79.4. The van der Waals surface area contributed by atoms with Crippen LogP contribution in [0.15, 0.2) is 109 Å². The van der Waals surface area contributed by atoms with Gasteiger partial charge in [-0.05, 0) is 128 Å². The van der Waals surface area contributed by atoms with Crippen LogP contribution in [0, 0.1) is 0 Å². The molecule has 0 aromatic rings. The van der Waals surface area contributed by atoms with Gasteiger partial charge in [0.1, 0.15) is 13.2 Å². The highest BCUT2D eigenvalue weighted by Gasteiger charge is 2.19. The lowest BCUT2D eigenvalue weighted by molar-refractivity contribution is -0.167. The Hall–Kier alpha value is -3.93. The smallest absolute Gasteiger partial charge is 0.306 e. The van der Waals surface area contributed by atoms with Crippen LogP contribution in [0.1, 0.15) is 265 Å². The Labute approximate surface area is 438 Å². The van der Waals surface area contributed by atoms with Crippen LogP contribution < -0.4 is 0 Å². The van der Waals surface area contributed by atoms with Crippen LogP contribution in [0.3, 0.4) is 0 Å². The largest absolute Gasteiger partial charge is 0.462 e. The maximum Gasteiger partial charge on any atom is 0.306 e. The van der Waals surface area contributed by atoms with Gasteiger partial charge in [0, 0.05) is 19.3 Å². The lowest BCUT2D eigenvalue weighted by Gasteiger charge is -2.18. The number of unbranched alkanes of at least 4 members (excludes halogenated alkanes) is 23. The summed E-state index contributed by atoms with van der Waals surface area (Å²) in [5.41, 5.74) is 0. The zero-order chi connectivity index (χ0) is 51.4. The summed E-state index contributed by atoms with van der Waals surface area (Å²) in [6, 6.07) is 0. The first kappa shape index (κ1) is 67.1. The monoisotopic (exact) mass is 985 g/mol. The molecule has 0 fully saturated rings. The molecule has 1 atom stereocenters. The number of hydrogen-bond donors (Lipinski definition) is 0. The van der Waals surface area contributed by atoms with E-state index in [0.717, 1.165) is 103 Å². The van der Waals surface area contributed by atoms with E-state index in [4.69, 9.17) is 14.2 Å². The third kappa shape index (κ3) is 56.9. The van der Waals surface area contributed by atoms with Gasteiger partial charge in [0.15, 0.2) is 6.10 Å². The van der Waals surface area contributed by atoms with Gasteiger partial charge in [-0.1, -0.05) is 226 Å². The molecule has 6 heteroatoms. The molecule has 0 N–H and O–H groups in total. The van der Waals surface area contributed by atoms with Crippen molar-refractivity contribution in [2.24, 2.45) is 0 Å². The maximum absolute atomic E-state index is 12.9. The van der Waals surface area contributed by atoms with Crippen molar-refractivity contribution in [1.29, 1.82) is 0 Å². The first-order valence-electron chi connectivity index (χ1n) is 29.4. The summed E-state index contributed by atoms with van der Waals surface area (Å²) in [5.74, 6) is -0.979. The number of hydrogen-bond acceptors (Lipinski definition) is 6. The quantitative estimate of drug-likeness (QED) is 0.0261. The van der Waals surface area contributed by atoms with E-state index < -0.39 is 6.10 Å². The van der Waals surface area contributed by atoms with Crippen LogP contribution in [0.4, 0.5) is 0 Å². The van der Waals surface area contributed by atoms with E-state index in [2.05, 4.69) is 130 Å². The Morgan fingerprint density at radius 1 is 0.296 bits per heavy atom. The van der Waals surface area contributed by atoms with Crippen molar-refractivity contribution < 1.29 is 28.6 Å². The number of ether oxygens (including phenoxy) is 3. The molecule has 0 aromatic carbocycles. The van der Waals surface area contributed by atoms with Gasteiger partial charge >= 0.3 is 17.9 Å². The fourth-order valence-electron chi connectivity index (χ4n) is 7.82. The summed E-state index contributed by atoms with van der Waals surface area (Å²) in [5, 5.41) is 0. The van der Waals surface area contributed by atoms with Gasteiger partial charge in [-0.15, -0.1) is 0 Å². The van der Waals surface area contributed by atoms with E-state index in [-0.39, 0.29) is 37.5 Å². The molecule has 0 rings (SSSR count). The third-order valence-corrected chi connectivity index (χ3v) is 12.2. The highest BCUT2D eigenvalue weighted by molar-refractivity contribution is 5.71. The van der Waals surface area contributed by atoms with E-state index in [9.17, 15) is 14.4 Å².